The van der Waals surface area contributed by atoms with Crippen molar-refractivity contribution < 1.29 is 145 Å². The fourth-order valence-corrected chi connectivity index (χ4v) is 5.69. The van der Waals surface area contributed by atoms with Gasteiger partial charge in [0.15, 0.2) is 34.1 Å². The molecule has 0 saturated carbocycles. The maximum Gasteiger partial charge on any atom is 0.346 e. The minimum atomic E-state index is -2.59. The lowest BCUT2D eigenvalue weighted by atomic mass is 10.1. The van der Waals surface area contributed by atoms with Crippen molar-refractivity contribution in [3.63, 3.8) is 0 Å². The van der Waals surface area contributed by atoms with E-state index in [-0.39, 0.29) is 0 Å². The molecule has 408 valence electrons. The van der Waals surface area contributed by atoms with Gasteiger partial charge in [0.1, 0.15) is 52.9 Å². The van der Waals surface area contributed by atoms with Crippen LogP contribution in [0.4, 0.5) is 87.8 Å². The Kier molecular flexibility index (Phi) is 19.0. The van der Waals surface area contributed by atoms with E-state index in [4.69, 9.17) is 18.9 Å². The molecule has 0 atom stereocenters. The third-order valence-electron chi connectivity index (χ3n) is 9.21. The Balaban J connectivity index is 1.46. The molecule has 12 nitrogen and oxygen atoms in total. The highest BCUT2D eigenvalue weighted by molar-refractivity contribution is 6.37. The first kappa shape index (κ1) is 58.4. The van der Waals surface area contributed by atoms with Crippen molar-refractivity contribution >= 4 is 35.0 Å². The van der Waals surface area contributed by atoms with Crippen LogP contribution in [0.25, 0.3) is 11.1 Å². The summed E-state index contributed by atoms with van der Waals surface area (Å²) in [6.07, 6.45) is 0. The normalized spacial score (nSPS) is 11.0. The summed E-state index contributed by atoms with van der Waals surface area (Å²) in [7, 11) is 0. The smallest absolute Gasteiger partial charge is 0.346 e. The number of carbonyl (C=O) groups excluding carboxylic acids is 4. The van der Waals surface area contributed by atoms with Crippen LogP contribution in [-0.4, -0.2) is 76.7 Å². The molecule has 32 heteroatoms. The molecule has 0 aromatic heterocycles. The molecule has 0 aliphatic carbocycles. The van der Waals surface area contributed by atoms with Crippen molar-refractivity contribution in [1.82, 2.24) is 0 Å². The van der Waals surface area contributed by atoms with E-state index in [1.165, 1.54) is 0 Å². The van der Waals surface area contributed by atoms with Crippen molar-refractivity contribution in [2.75, 3.05) is 52.9 Å². The number of hydrogen-bond donors (Lipinski definition) is 0. The summed E-state index contributed by atoms with van der Waals surface area (Å²) in [6.45, 7) is -9.90. The first-order chi connectivity index (χ1) is 35.8. The number of halogens is 20. The Morgan fingerprint density at radius 2 is 0.382 bits per heavy atom. The Morgan fingerprint density at radius 1 is 0.237 bits per heavy atom. The average Bonchev–Trinajstić information content (AvgIpc) is 3.40. The van der Waals surface area contributed by atoms with E-state index in [2.05, 4.69) is 18.9 Å². The predicted molar refractivity (Wildman–Crippen MR) is 203 cm³/mol. The van der Waals surface area contributed by atoms with Gasteiger partial charge in [-0.2, -0.15) is 35.1 Å². The molecular formula is C44H20F20O12. The zero-order chi connectivity index (χ0) is 56.6. The van der Waals surface area contributed by atoms with Crippen LogP contribution in [-0.2, 0) is 38.1 Å². The first-order valence-electron chi connectivity index (χ1n) is 19.9. The van der Waals surface area contributed by atoms with Gasteiger partial charge < -0.3 is 37.9 Å². The van der Waals surface area contributed by atoms with E-state index in [0.717, 1.165) is 0 Å². The van der Waals surface area contributed by atoms with Gasteiger partial charge in [0.05, 0.1) is 0 Å². The van der Waals surface area contributed by atoms with Crippen LogP contribution < -0.4 is 29.4 Å². The molecule has 5 rings (SSSR count). The van der Waals surface area contributed by atoms with Crippen LogP contribution in [0.5, 0.6) is 23.0 Å². The highest BCUT2D eigenvalue weighted by atomic mass is 19.2. The topological polar surface area (TPSA) is 142 Å². The number of hydrogen-bond acceptors (Lipinski definition) is 12. The Bertz CT molecular complexity index is 2750. The SMILES string of the molecule is O=C(OCCOc1c(F)c(F)c(F)c(F)c1F)C(C(=O)OCCOc1c(F)c(F)c(F)c(F)c1F)=c1ccc(=C(C(=O)OCCOc2c(F)c(F)c(F)c(F)c2F)C(=O)OCCOc2c(F)c(F)c(F)c(F)c2F)cc1. The summed E-state index contributed by atoms with van der Waals surface area (Å²) >= 11 is 0. The van der Waals surface area contributed by atoms with Crippen molar-refractivity contribution in [2.24, 2.45) is 0 Å². The fourth-order valence-electron chi connectivity index (χ4n) is 5.69. The van der Waals surface area contributed by atoms with Crippen molar-refractivity contribution in [2.45, 2.75) is 0 Å². The molecule has 0 saturated heterocycles. The molecule has 5 aromatic rings. The molecule has 0 aliphatic heterocycles. The molecule has 0 radical (unpaired) electrons. The van der Waals surface area contributed by atoms with Gasteiger partial charge in [0.25, 0.3) is 0 Å². The number of ether oxygens (including phenoxy) is 8. The summed E-state index contributed by atoms with van der Waals surface area (Å²) in [5, 5.41) is -1.46. The molecule has 0 amide bonds. The highest BCUT2D eigenvalue weighted by Crippen LogP contribution is 2.32. The van der Waals surface area contributed by atoms with Gasteiger partial charge in [-0.3, -0.25) is 0 Å². The second-order valence-corrected chi connectivity index (χ2v) is 13.9. The van der Waals surface area contributed by atoms with E-state index in [1.54, 1.807) is 0 Å². The number of rotatable bonds is 20. The van der Waals surface area contributed by atoms with Gasteiger partial charge in [0, 0.05) is 0 Å². The quantitative estimate of drug-likeness (QED) is 0.0147. The number of carbonyl (C=O) groups is 4. The Labute approximate surface area is 406 Å². The lowest BCUT2D eigenvalue weighted by Crippen LogP contribution is -2.29. The summed E-state index contributed by atoms with van der Waals surface area (Å²) in [5.74, 6) is -64.8. The monoisotopic (exact) mass is 1120 g/mol. The molecular weight excluding hydrogens is 1100 g/mol. The van der Waals surface area contributed by atoms with Crippen LogP contribution in [0.3, 0.4) is 0 Å². The van der Waals surface area contributed by atoms with Crippen LogP contribution in [0.15, 0.2) is 24.3 Å². The van der Waals surface area contributed by atoms with Gasteiger partial charge in [-0.15, -0.1) is 0 Å². The van der Waals surface area contributed by atoms with Gasteiger partial charge in [-0.1, -0.05) is 24.3 Å². The van der Waals surface area contributed by atoms with Crippen molar-refractivity contribution in [3.8, 4) is 23.0 Å². The molecule has 76 heavy (non-hydrogen) atoms. The second kappa shape index (κ2) is 24.7. The second-order valence-electron chi connectivity index (χ2n) is 13.9. The molecule has 0 unspecified atom stereocenters. The Hall–Kier alpha value is -8.48. The molecule has 0 fully saturated rings. The highest BCUT2D eigenvalue weighted by Gasteiger charge is 2.32. The van der Waals surface area contributed by atoms with Crippen LogP contribution >= 0.6 is 0 Å². The summed E-state index contributed by atoms with van der Waals surface area (Å²) in [6, 6.07) is 2.51. The maximum absolute atomic E-state index is 14.1. The fraction of sp³-hybridized carbons (Fsp3) is 0.182. The van der Waals surface area contributed by atoms with Gasteiger partial charge >= 0.3 is 23.9 Å². The molecule has 0 aliphatic rings. The largest absolute Gasteiger partial charge is 0.484 e. The average molecular weight is 1120 g/mol. The maximum atomic E-state index is 14.1. The zero-order valence-electron chi connectivity index (χ0n) is 36.4. The van der Waals surface area contributed by atoms with Crippen LogP contribution in [0.2, 0.25) is 0 Å². The molecule has 0 spiro atoms. The third-order valence-corrected chi connectivity index (χ3v) is 9.21. The molecule has 0 bridgehead atoms. The van der Waals surface area contributed by atoms with Gasteiger partial charge in [-0.25, -0.2) is 71.9 Å². The van der Waals surface area contributed by atoms with Crippen LogP contribution in [0.1, 0.15) is 0 Å². The van der Waals surface area contributed by atoms with Crippen molar-refractivity contribution in [3.05, 3.63) is 151 Å². The van der Waals surface area contributed by atoms with E-state index in [1.807, 2.05) is 0 Å². The zero-order valence-corrected chi connectivity index (χ0v) is 36.4. The lowest BCUT2D eigenvalue weighted by Gasteiger charge is -2.13. The van der Waals surface area contributed by atoms with E-state index >= 15 is 0 Å². The number of benzene rings is 5. The minimum Gasteiger partial charge on any atom is -0.484 e. The van der Waals surface area contributed by atoms with Gasteiger partial charge in [-0.05, 0) is 10.4 Å². The summed E-state index contributed by atoms with van der Waals surface area (Å²) in [4.78, 5) is 53.1. The summed E-state index contributed by atoms with van der Waals surface area (Å²) in [5.41, 5.74) is -2.64. The number of esters is 4. The standard InChI is InChI=1S/C44H20F20O12/c45-17-21(49)29(57)37(30(58)22(17)50)69-5-9-73-41(65)15(42(66)74-10-6-70-38-31(59)23(51)18(46)24(52)32(38)60)13-1-2-14(4-3-13)16(43(67)75-11-7-71-39-33(61)25(53)19(47)26(54)34(39)62)44(68)76-12-8-72-40-35(63)27(55)20(48)28(56)36(40)64/h1-4H,5-12H2. The van der Waals surface area contributed by atoms with Gasteiger partial charge in [0.2, 0.25) is 116 Å². The Morgan fingerprint density at radius 3 is 0.539 bits per heavy atom. The molecule has 5 aromatic carbocycles. The first-order valence-corrected chi connectivity index (χ1v) is 19.9. The van der Waals surface area contributed by atoms with Crippen molar-refractivity contribution in [1.29, 1.82) is 0 Å². The lowest BCUT2D eigenvalue weighted by molar-refractivity contribution is -0.145. The summed E-state index contributed by atoms with van der Waals surface area (Å²) < 4.78 is 312. The van der Waals surface area contributed by atoms with E-state index in [9.17, 15) is 107 Å². The molecule has 0 heterocycles. The minimum absolute atomic E-state index is 0.628. The van der Waals surface area contributed by atoms with E-state index in [0.29, 0.717) is 24.3 Å². The van der Waals surface area contributed by atoms with Crippen LogP contribution in [0, 0.1) is 116 Å². The van der Waals surface area contributed by atoms with E-state index < -0.39 is 238 Å². The third kappa shape index (κ3) is 12.2. The predicted octanol–water partition coefficient (Wildman–Crippen LogP) is 7.26. The molecule has 0 N–H and O–H groups in total.